The number of hydrogen-bond donors (Lipinski definition) is 2. The summed E-state index contributed by atoms with van der Waals surface area (Å²) >= 11 is 0. The zero-order valence-electron chi connectivity index (χ0n) is 15.1. The molecule has 0 bridgehead atoms. The van der Waals surface area contributed by atoms with Gasteiger partial charge in [0.1, 0.15) is 5.75 Å². The summed E-state index contributed by atoms with van der Waals surface area (Å²) in [6.45, 7) is 3.03. The predicted molar refractivity (Wildman–Crippen MR) is 94.5 cm³/mol. The maximum Gasteiger partial charge on any atom is 0.260 e. The molecule has 2 N–H and O–H groups in total. The molecule has 0 saturated carbocycles. The number of carbonyl (C=O) groups is 2. The summed E-state index contributed by atoms with van der Waals surface area (Å²) in [6.07, 6.45) is 1.37. The number of ketones is 1. The van der Waals surface area contributed by atoms with Gasteiger partial charge in [-0.25, -0.2) is 0 Å². The molecule has 138 valence electrons. The van der Waals surface area contributed by atoms with Gasteiger partial charge in [-0.3, -0.25) is 20.4 Å². The molecule has 1 aromatic carbocycles. The van der Waals surface area contributed by atoms with Crippen molar-refractivity contribution in [3.8, 4) is 5.75 Å². The van der Waals surface area contributed by atoms with Crippen LogP contribution in [0.15, 0.2) is 24.3 Å². The first-order valence-electron chi connectivity index (χ1n) is 8.53. The van der Waals surface area contributed by atoms with Gasteiger partial charge in [-0.15, -0.1) is 0 Å². The fraction of sp³-hybridized carbons (Fsp3) is 0.556. The zero-order chi connectivity index (χ0) is 18.2. The number of amides is 1. The van der Waals surface area contributed by atoms with Crippen molar-refractivity contribution in [3.63, 3.8) is 0 Å². The third kappa shape index (κ3) is 5.81. The maximum atomic E-state index is 12.2. The van der Waals surface area contributed by atoms with Crippen LogP contribution < -0.4 is 15.6 Å². The number of hydrazine groups is 1. The molecule has 1 heterocycles. The standard InChI is InChI=1S/C18H27N3O4/c1-4-17(22)13-5-7-16(8-6-13)25-12-18(23)21(2)10-14-9-15(11-24-3)20-19-14/h5-8,14-15,19-20H,4,9-12H2,1-3H3. The average Bonchev–Trinajstić information content (AvgIpc) is 3.06. The maximum absolute atomic E-state index is 12.2. The van der Waals surface area contributed by atoms with E-state index in [0.29, 0.717) is 30.9 Å². The molecule has 25 heavy (non-hydrogen) atoms. The average molecular weight is 349 g/mol. The van der Waals surface area contributed by atoms with Crippen molar-refractivity contribution in [2.75, 3.05) is 33.9 Å². The molecule has 2 rings (SSSR count). The van der Waals surface area contributed by atoms with Crippen molar-refractivity contribution >= 4 is 11.7 Å². The number of carbonyl (C=O) groups excluding carboxylic acids is 2. The molecule has 2 atom stereocenters. The van der Waals surface area contributed by atoms with E-state index in [1.54, 1.807) is 43.3 Å². The van der Waals surface area contributed by atoms with Gasteiger partial charge in [-0.05, 0) is 30.7 Å². The Bertz CT molecular complexity index is 576. The Labute approximate surface area is 148 Å². The van der Waals surface area contributed by atoms with Gasteiger partial charge >= 0.3 is 0 Å². The first-order chi connectivity index (χ1) is 12.0. The van der Waals surface area contributed by atoms with Crippen LogP contribution in [0.4, 0.5) is 0 Å². The van der Waals surface area contributed by atoms with E-state index in [-0.39, 0.29) is 30.4 Å². The molecule has 1 amide bonds. The summed E-state index contributed by atoms with van der Waals surface area (Å²) < 4.78 is 10.6. The van der Waals surface area contributed by atoms with E-state index in [1.165, 1.54) is 0 Å². The van der Waals surface area contributed by atoms with Crippen LogP contribution in [-0.4, -0.2) is 62.6 Å². The van der Waals surface area contributed by atoms with Crippen LogP contribution in [0.25, 0.3) is 0 Å². The Morgan fingerprint density at radius 3 is 2.52 bits per heavy atom. The molecular weight excluding hydrogens is 322 g/mol. The second-order valence-electron chi connectivity index (χ2n) is 6.24. The Morgan fingerprint density at radius 2 is 1.88 bits per heavy atom. The highest BCUT2D eigenvalue weighted by Crippen LogP contribution is 2.14. The fourth-order valence-electron chi connectivity index (χ4n) is 2.76. The smallest absolute Gasteiger partial charge is 0.260 e. The molecule has 1 aliphatic rings. The first kappa shape index (κ1) is 19.4. The topological polar surface area (TPSA) is 79.9 Å². The molecule has 1 aliphatic heterocycles. The van der Waals surface area contributed by atoms with E-state index < -0.39 is 0 Å². The molecule has 7 heteroatoms. The number of methoxy groups -OCH3 is 1. The summed E-state index contributed by atoms with van der Waals surface area (Å²) in [5.41, 5.74) is 6.99. The third-order valence-electron chi connectivity index (χ3n) is 4.21. The van der Waals surface area contributed by atoms with Gasteiger partial charge in [0.05, 0.1) is 6.61 Å². The van der Waals surface area contributed by atoms with Crippen LogP contribution in [0.2, 0.25) is 0 Å². The lowest BCUT2D eigenvalue weighted by Crippen LogP contribution is -2.43. The van der Waals surface area contributed by atoms with Crippen molar-refractivity contribution in [1.29, 1.82) is 0 Å². The van der Waals surface area contributed by atoms with Crippen LogP contribution in [-0.2, 0) is 9.53 Å². The Balaban J connectivity index is 1.75. The lowest BCUT2D eigenvalue weighted by Gasteiger charge is -2.21. The highest BCUT2D eigenvalue weighted by Gasteiger charge is 2.25. The van der Waals surface area contributed by atoms with Gasteiger partial charge in [0.25, 0.3) is 5.91 Å². The van der Waals surface area contributed by atoms with Gasteiger partial charge in [0.2, 0.25) is 0 Å². The molecule has 0 spiro atoms. The molecule has 0 aromatic heterocycles. The van der Waals surface area contributed by atoms with E-state index in [0.717, 1.165) is 6.42 Å². The molecule has 1 saturated heterocycles. The Kier molecular flexibility index (Phi) is 7.36. The minimum absolute atomic E-state index is 0.0286. The van der Waals surface area contributed by atoms with Crippen molar-refractivity contribution in [1.82, 2.24) is 15.8 Å². The van der Waals surface area contributed by atoms with E-state index in [9.17, 15) is 9.59 Å². The number of ether oxygens (including phenoxy) is 2. The van der Waals surface area contributed by atoms with Crippen LogP contribution in [0.5, 0.6) is 5.75 Å². The molecule has 7 nitrogen and oxygen atoms in total. The minimum atomic E-state index is -0.0919. The zero-order valence-corrected chi connectivity index (χ0v) is 15.1. The monoisotopic (exact) mass is 349 g/mol. The van der Waals surface area contributed by atoms with Gasteiger partial charge < -0.3 is 14.4 Å². The molecule has 1 fully saturated rings. The Hall–Kier alpha value is -1.96. The van der Waals surface area contributed by atoms with Crippen LogP contribution >= 0.6 is 0 Å². The second kappa shape index (κ2) is 9.50. The first-order valence-corrected chi connectivity index (χ1v) is 8.53. The Morgan fingerprint density at radius 1 is 1.20 bits per heavy atom. The van der Waals surface area contributed by atoms with Gasteiger partial charge in [0, 0.05) is 44.8 Å². The number of nitrogens with zero attached hydrogens (tertiary/aromatic N) is 1. The number of nitrogens with one attached hydrogen (secondary N) is 2. The quantitative estimate of drug-likeness (QED) is 0.648. The highest BCUT2D eigenvalue weighted by atomic mass is 16.5. The third-order valence-corrected chi connectivity index (χ3v) is 4.21. The summed E-state index contributed by atoms with van der Waals surface area (Å²) in [7, 11) is 3.44. The lowest BCUT2D eigenvalue weighted by atomic mass is 10.1. The van der Waals surface area contributed by atoms with Crippen molar-refractivity contribution < 1.29 is 19.1 Å². The number of Topliss-reactive ketones (excluding diaryl/α,β-unsaturated/α-hetero) is 1. The molecule has 2 unspecified atom stereocenters. The van der Waals surface area contributed by atoms with E-state index in [1.807, 2.05) is 6.92 Å². The van der Waals surface area contributed by atoms with Crippen molar-refractivity contribution in [2.45, 2.75) is 31.8 Å². The predicted octanol–water partition coefficient (Wildman–Crippen LogP) is 0.998. The number of rotatable bonds is 9. The normalized spacial score (nSPS) is 19.6. The largest absolute Gasteiger partial charge is 0.484 e. The number of likely N-dealkylation sites (N-methyl/N-ethyl adjacent to an activating group) is 1. The summed E-state index contributed by atoms with van der Waals surface area (Å²) in [4.78, 5) is 25.5. The van der Waals surface area contributed by atoms with Gasteiger partial charge in [-0.2, -0.15) is 0 Å². The summed E-state index contributed by atoms with van der Waals surface area (Å²) in [6, 6.07) is 7.33. The van der Waals surface area contributed by atoms with E-state index in [2.05, 4.69) is 10.9 Å². The van der Waals surface area contributed by atoms with Gasteiger partial charge in [-0.1, -0.05) is 6.92 Å². The van der Waals surface area contributed by atoms with E-state index in [4.69, 9.17) is 9.47 Å². The summed E-state index contributed by atoms with van der Waals surface area (Å²) in [5.74, 6) is 0.577. The van der Waals surface area contributed by atoms with Gasteiger partial charge in [0.15, 0.2) is 12.4 Å². The van der Waals surface area contributed by atoms with Crippen molar-refractivity contribution in [2.24, 2.45) is 0 Å². The van der Waals surface area contributed by atoms with Crippen LogP contribution in [0.3, 0.4) is 0 Å². The lowest BCUT2D eigenvalue weighted by molar-refractivity contribution is -0.132. The highest BCUT2D eigenvalue weighted by molar-refractivity contribution is 5.95. The summed E-state index contributed by atoms with van der Waals surface area (Å²) in [5, 5.41) is 0. The fourth-order valence-corrected chi connectivity index (χ4v) is 2.76. The molecule has 0 aliphatic carbocycles. The molecule has 1 aromatic rings. The van der Waals surface area contributed by atoms with Crippen molar-refractivity contribution in [3.05, 3.63) is 29.8 Å². The number of benzene rings is 1. The van der Waals surface area contributed by atoms with Crippen LogP contribution in [0, 0.1) is 0 Å². The second-order valence-corrected chi connectivity index (χ2v) is 6.24. The van der Waals surface area contributed by atoms with Crippen LogP contribution in [0.1, 0.15) is 30.1 Å². The number of hydrogen-bond acceptors (Lipinski definition) is 6. The molecule has 0 radical (unpaired) electrons. The molecular formula is C18H27N3O4. The SMILES string of the molecule is CCC(=O)c1ccc(OCC(=O)N(C)CC2CC(COC)NN2)cc1. The minimum Gasteiger partial charge on any atom is -0.484 e. The van der Waals surface area contributed by atoms with E-state index >= 15 is 0 Å².